The van der Waals surface area contributed by atoms with Crippen LogP contribution >= 0.6 is 23.2 Å². The molecule has 0 bridgehead atoms. The highest BCUT2D eigenvalue weighted by atomic mass is 35.5. The second-order valence-electron chi connectivity index (χ2n) is 6.72. The van der Waals surface area contributed by atoms with Gasteiger partial charge in [0.1, 0.15) is 10.8 Å². The number of nitrogens with one attached hydrogen (secondary N) is 1. The maximum atomic E-state index is 12.4. The largest absolute Gasteiger partial charge is 0.495 e. The number of carbonyl (C=O) groups is 1. The second kappa shape index (κ2) is 8.97. The Bertz CT molecular complexity index is 604. The standard InChI is InChI=1S/C18H27Cl2N3O2/c1-12(14-5-6-15(25-4)17(20)16(14)19)11-21-18(24)23(3)13-7-9-22(2)10-8-13/h5-6,12-13H,7-11H2,1-4H3,(H,21,24). The van der Waals surface area contributed by atoms with E-state index >= 15 is 0 Å². The number of nitrogens with zero attached hydrogens (tertiary/aromatic N) is 2. The third-order valence-electron chi connectivity index (χ3n) is 4.94. The summed E-state index contributed by atoms with van der Waals surface area (Å²) in [4.78, 5) is 16.5. The predicted molar refractivity (Wildman–Crippen MR) is 103 cm³/mol. The van der Waals surface area contributed by atoms with Crippen LogP contribution in [-0.4, -0.2) is 62.7 Å². The molecule has 1 saturated heterocycles. The fraction of sp³-hybridized carbons (Fsp3) is 0.611. The third kappa shape index (κ3) is 4.93. The fourth-order valence-electron chi connectivity index (χ4n) is 3.11. The number of ether oxygens (including phenoxy) is 1. The van der Waals surface area contributed by atoms with Crippen molar-refractivity contribution in [2.75, 3.05) is 40.8 Å². The number of piperidine rings is 1. The quantitative estimate of drug-likeness (QED) is 0.834. The Morgan fingerprint density at radius 3 is 2.60 bits per heavy atom. The van der Waals surface area contributed by atoms with Gasteiger partial charge in [-0.3, -0.25) is 0 Å². The van der Waals surface area contributed by atoms with E-state index in [9.17, 15) is 4.79 Å². The zero-order chi connectivity index (χ0) is 18.6. The summed E-state index contributed by atoms with van der Waals surface area (Å²) in [7, 11) is 5.54. The highest BCUT2D eigenvalue weighted by Crippen LogP contribution is 2.37. The summed E-state index contributed by atoms with van der Waals surface area (Å²) in [6.07, 6.45) is 2.02. The molecule has 0 radical (unpaired) electrons. The van der Waals surface area contributed by atoms with Gasteiger partial charge in [0.05, 0.1) is 12.1 Å². The van der Waals surface area contributed by atoms with Crippen LogP contribution in [0.4, 0.5) is 4.79 Å². The molecule has 1 aromatic carbocycles. The molecule has 2 amide bonds. The van der Waals surface area contributed by atoms with Crippen LogP contribution in [0.1, 0.15) is 31.2 Å². The van der Waals surface area contributed by atoms with Crippen molar-refractivity contribution in [3.05, 3.63) is 27.7 Å². The van der Waals surface area contributed by atoms with E-state index < -0.39 is 0 Å². The lowest BCUT2D eigenvalue weighted by Crippen LogP contribution is -2.48. The number of benzene rings is 1. The molecule has 0 aliphatic carbocycles. The molecule has 1 aromatic rings. The maximum absolute atomic E-state index is 12.4. The van der Waals surface area contributed by atoms with Crippen molar-refractivity contribution in [1.29, 1.82) is 0 Å². The summed E-state index contributed by atoms with van der Waals surface area (Å²) in [5.41, 5.74) is 0.898. The molecule has 1 unspecified atom stereocenters. The van der Waals surface area contributed by atoms with Crippen molar-refractivity contribution >= 4 is 29.2 Å². The van der Waals surface area contributed by atoms with Crippen LogP contribution in [0.25, 0.3) is 0 Å². The number of methoxy groups -OCH3 is 1. The second-order valence-corrected chi connectivity index (χ2v) is 7.47. The Labute approximate surface area is 160 Å². The van der Waals surface area contributed by atoms with Gasteiger partial charge in [-0.2, -0.15) is 0 Å². The first-order chi connectivity index (χ1) is 11.8. The molecule has 0 spiro atoms. The highest BCUT2D eigenvalue weighted by molar-refractivity contribution is 6.43. The molecule has 2 rings (SSSR count). The van der Waals surface area contributed by atoms with Crippen molar-refractivity contribution in [2.45, 2.75) is 31.7 Å². The van der Waals surface area contributed by atoms with Crippen LogP contribution in [0, 0.1) is 0 Å². The van der Waals surface area contributed by atoms with Crippen LogP contribution in [0.15, 0.2) is 12.1 Å². The zero-order valence-corrected chi connectivity index (χ0v) is 16.8. The van der Waals surface area contributed by atoms with Gasteiger partial charge in [-0.25, -0.2) is 4.79 Å². The Hall–Kier alpha value is -1.17. The van der Waals surface area contributed by atoms with E-state index in [0.717, 1.165) is 31.5 Å². The van der Waals surface area contributed by atoms with Gasteiger partial charge in [0.2, 0.25) is 0 Å². The van der Waals surface area contributed by atoms with E-state index in [2.05, 4.69) is 17.3 Å². The molecule has 1 aliphatic rings. The van der Waals surface area contributed by atoms with Crippen LogP contribution in [0.5, 0.6) is 5.75 Å². The normalized spacial score (nSPS) is 17.2. The summed E-state index contributed by atoms with van der Waals surface area (Å²) in [6, 6.07) is 3.94. The summed E-state index contributed by atoms with van der Waals surface area (Å²) >= 11 is 12.6. The lowest BCUT2D eigenvalue weighted by Gasteiger charge is -2.35. The Morgan fingerprint density at radius 2 is 2.00 bits per heavy atom. The van der Waals surface area contributed by atoms with E-state index in [-0.39, 0.29) is 11.9 Å². The van der Waals surface area contributed by atoms with Crippen molar-refractivity contribution in [3.8, 4) is 5.75 Å². The van der Waals surface area contributed by atoms with Gasteiger partial charge in [0.25, 0.3) is 0 Å². The van der Waals surface area contributed by atoms with Gasteiger partial charge in [-0.15, -0.1) is 0 Å². The van der Waals surface area contributed by atoms with E-state index in [1.54, 1.807) is 13.2 Å². The number of hydrogen-bond donors (Lipinski definition) is 1. The molecule has 7 heteroatoms. The summed E-state index contributed by atoms with van der Waals surface area (Å²) in [6.45, 7) is 4.56. The monoisotopic (exact) mass is 387 g/mol. The Kier molecular flexibility index (Phi) is 7.23. The molecule has 140 valence electrons. The van der Waals surface area contributed by atoms with Gasteiger partial charge < -0.3 is 19.9 Å². The van der Waals surface area contributed by atoms with Crippen molar-refractivity contribution in [3.63, 3.8) is 0 Å². The third-order valence-corrected chi connectivity index (χ3v) is 5.82. The lowest BCUT2D eigenvalue weighted by molar-refractivity contribution is 0.147. The summed E-state index contributed by atoms with van der Waals surface area (Å²) in [5.74, 6) is 0.597. The number of likely N-dealkylation sites (tertiary alicyclic amines) is 1. The van der Waals surface area contributed by atoms with Gasteiger partial charge in [0, 0.05) is 25.6 Å². The number of urea groups is 1. The minimum Gasteiger partial charge on any atom is -0.495 e. The molecule has 1 atom stereocenters. The first-order valence-corrected chi connectivity index (χ1v) is 9.31. The number of rotatable bonds is 5. The Balaban J connectivity index is 1.92. The van der Waals surface area contributed by atoms with Crippen LogP contribution in [0.2, 0.25) is 10.0 Å². The Morgan fingerprint density at radius 1 is 1.36 bits per heavy atom. The molecule has 0 aromatic heterocycles. The SMILES string of the molecule is COc1ccc(C(C)CNC(=O)N(C)C2CCN(C)CC2)c(Cl)c1Cl. The van der Waals surface area contributed by atoms with E-state index in [4.69, 9.17) is 27.9 Å². The average Bonchev–Trinajstić information content (AvgIpc) is 2.61. The van der Waals surface area contributed by atoms with E-state index in [1.165, 1.54) is 0 Å². The summed E-state index contributed by atoms with van der Waals surface area (Å²) in [5, 5.41) is 3.89. The van der Waals surface area contributed by atoms with Gasteiger partial charge in [0.15, 0.2) is 0 Å². The van der Waals surface area contributed by atoms with Crippen LogP contribution < -0.4 is 10.1 Å². The highest BCUT2D eigenvalue weighted by Gasteiger charge is 2.24. The predicted octanol–water partition coefficient (Wildman–Crippen LogP) is 3.84. The minimum absolute atomic E-state index is 0.0443. The molecular weight excluding hydrogens is 361 g/mol. The maximum Gasteiger partial charge on any atom is 0.317 e. The van der Waals surface area contributed by atoms with Crippen LogP contribution in [-0.2, 0) is 0 Å². The van der Waals surface area contributed by atoms with Gasteiger partial charge in [-0.05, 0) is 44.6 Å². The van der Waals surface area contributed by atoms with Crippen LogP contribution in [0.3, 0.4) is 0 Å². The molecule has 1 aliphatic heterocycles. The average molecular weight is 388 g/mol. The lowest BCUT2D eigenvalue weighted by atomic mass is 10.0. The number of hydrogen-bond acceptors (Lipinski definition) is 3. The first-order valence-electron chi connectivity index (χ1n) is 8.56. The van der Waals surface area contributed by atoms with Gasteiger partial charge >= 0.3 is 6.03 Å². The first kappa shape index (κ1) is 20.1. The van der Waals surface area contributed by atoms with E-state index in [0.29, 0.717) is 28.4 Å². The van der Waals surface area contributed by atoms with E-state index in [1.807, 2.05) is 24.9 Å². The van der Waals surface area contributed by atoms with Crippen molar-refractivity contribution < 1.29 is 9.53 Å². The molecule has 1 fully saturated rings. The molecule has 5 nitrogen and oxygen atoms in total. The minimum atomic E-state index is -0.0443. The van der Waals surface area contributed by atoms with Crippen molar-refractivity contribution in [2.24, 2.45) is 0 Å². The summed E-state index contributed by atoms with van der Waals surface area (Å²) < 4.78 is 5.17. The fourth-order valence-corrected chi connectivity index (χ4v) is 3.70. The molecule has 0 saturated carbocycles. The number of amides is 2. The zero-order valence-electron chi connectivity index (χ0n) is 15.3. The van der Waals surface area contributed by atoms with Crippen molar-refractivity contribution in [1.82, 2.24) is 15.1 Å². The molecule has 1 heterocycles. The number of carbonyl (C=O) groups excluding carboxylic acids is 1. The molecule has 25 heavy (non-hydrogen) atoms. The topological polar surface area (TPSA) is 44.8 Å². The van der Waals surface area contributed by atoms with Gasteiger partial charge in [-0.1, -0.05) is 36.2 Å². The smallest absolute Gasteiger partial charge is 0.317 e. The molecule has 1 N–H and O–H groups in total. The number of halogens is 2. The molecular formula is C18H27Cl2N3O2.